The molecule has 1 aromatic carbocycles. The van der Waals surface area contributed by atoms with Crippen molar-refractivity contribution in [1.29, 1.82) is 0 Å². The molecular weight excluding hydrogens is 274 g/mol. The molecule has 1 rings (SSSR count). The standard InChI is InChI=1S/C9H3ClF6O/c10-4-2-6(12)5(11)1-3(4)7(17)9(15,16)8(13)14/h1-2,8H. The number of benzene rings is 1. The zero-order valence-electron chi connectivity index (χ0n) is 7.79. The summed E-state index contributed by atoms with van der Waals surface area (Å²) in [5.74, 6) is -10.5. The van der Waals surface area contributed by atoms with Gasteiger partial charge in [0.15, 0.2) is 11.6 Å². The van der Waals surface area contributed by atoms with Crippen molar-refractivity contribution in [3.05, 3.63) is 34.4 Å². The van der Waals surface area contributed by atoms with E-state index >= 15 is 0 Å². The fourth-order valence-electron chi connectivity index (χ4n) is 0.975. The minimum atomic E-state index is -5.01. The minimum absolute atomic E-state index is 0.0519. The molecule has 0 atom stereocenters. The average molecular weight is 277 g/mol. The summed E-state index contributed by atoms with van der Waals surface area (Å²) in [5, 5.41) is -0.866. The van der Waals surface area contributed by atoms with Gasteiger partial charge in [0, 0.05) is 5.56 Å². The van der Waals surface area contributed by atoms with Crippen LogP contribution in [0.5, 0.6) is 0 Å². The van der Waals surface area contributed by atoms with Crippen molar-refractivity contribution >= 4 is 17.4 Å². The van der Waals surface area contributed by atoms with E-state index in [2.05, 4.69) is 0 Å². The molecule has 0 aliphatic carbocycles. The summed E-state index contributed by atoms with van der Waals surface area (Å²) >= 11 is 5.20. The van der Waals surface area contributed by atoms with E-state index in [1.807, 2.05) is 0 Å². The van der Waals surface area contributed by atoms with Gasteiger partial charge in [-0.15, -0.1) is 0 Å². The minimum Gasteiger partial charge on any atom is -0.287 e. The zero-order chi connectivity index (χ0) is 13.4. The molecule has 0 heterocycles. The number of carbonyl (C=O) groups is 1. The second-order valence-electron chi connectivity index (χ2n) is 3.00. The van der Waals surface area contributed by atoms with Gasteiger partial charge >= 0.3 is 12.3 Å². The van der Waals surface area contributed by atoms with Gasteiger partial charge in [0.05, 0.1) is 5.02 Å². The Hall–Kier alpha value is -1.24. The lowest BCUT2D eigenvalue weighted by atomic mass is 10.1. The van der Waals surface area contributed by atoms with Gasteiger partial charge in [0.25, 0.3) is 0 Å². The molecule has 0 saturated carbocycles. The molecule has 0 aliphatic rings. The van der Waals surface area contributed by atoms with E-state index in [0.717, 1.165) is 0 Å². The normalized spacial score (nSPS) is 12.0. The number of hydrogen-bond donors (Lipinski definition) is 0. The molecule has 0 unspecified atom stereocenters. The van der Waals surface area contributed by atoms with Crippen molar-refractivity contribution in [2.45, 2.75) is 12.3 Å². The van der Waals surface area contributed by atoms with Gasteiger partial charge in [-0.05, 0) is 12.1 Å². The molecule has 8 heteroatoms. The maximum absolute atomic E-state index is 12.7. The molecule has 0 radical (unpaired) electrons. The maximum Gasteiger partial charge on any atom is 0.368 e. The van der Waals surface area contributed by atoms with Crippen molar-refractivity contribution in [2.24, 2.45) is 0 Å². The van der Waals surface area contributed by atoms with Gasteiger partial charge in [0.1, 0.15) is 0 Å². The first-order chi connectivity index (χ1) is 7.67. The van der Waals surface area contributed by atoms with Crippen LogP contribution in [0.25, 0.3) is 0 Å². The SMILES string of the molecule is O=C(c1cc(F)c(F)cc1Cl)C(F)(F)C(F)F. The summed E-state index contributed by atoms with van der Waals surface area (Å²) in [6.45, 7) is 0. The smallest absolute Gasteiger partial charge is 0.287 e. The molecule has 0 amide bonds. The van der Waals surface area contributed by atoms with E-state index in [0.29, 0.717) is 0 Å². The quantitative estimate of drug-likeness (QED) is 0.467. The van der Waals surface area contributed by atoms with Crippen molar-refractivity contribution in [3.8, 4) is 0 Å². The molecule has 0 bridgehead atoms. The number of carbonyl (C=O) groups excluding carboxylic acids is 1. The summed E-state index contributed by atoms with van der Waals surface area (Å²) in [5.41, 5.74) is -1.20. The highest BCUT2D eigenvalue weighted by Gasteiger charge is 2.49. The first-order valence-electron chi connectivity index (χ1n) is 4.03. The number of hydrogen-bond acceptors (Lipinski definition) is 1. The first kappa shape index (κ1) is 13.8. The van der Waals surface area contributed by atoms with Crippen LogP contribution in [-0.4, -0.2) is 18.1 Å². The highest BCUT2D eigenvalue weighted by atomic mass is 35.5. The van der Waals surface area contributed by atoms with E-state index in [9.17, 15) is 31.1 Å². The van der Waals surface area contributed by atoms with Gasteiger partial charge in [-0.3, -0.25) is 4.79 Å². The average Bonchev–Trinajstić information content (AvgIpc) is 2.22. The Bertz CT molecular complexity index is 459. The van der Waals surface area contributed by atoms with Crippen molar-refractivity contribution in [2.75, 3.05) is 0 Å². The summed E-state index contributed by atoms with van der Waals surface area (Å²) in [7, 11) is 0. The summed E-state index contributed by atoms with van der Waals surface area (Å²) in [6.07, 6.45) is -4.26. The third-order valence-corrected chi connectivity index (χ3v) is 2.14. The van der Waals surface area contributed by atoms with Gasteiger partial charge in [-0.1, -0.05) is 11.6 Å². The third-order valence-electron chi connectivity index (χ3n) is 1.83. The lowest BCUT2D eigenvalue weighted by Crippen LogP contribution is -2.36. The highest BCUT2D eigenvalue weighted by molar-refractivity contribution is 6.34. The van der Waals surface area contributed by atoms with Gasteiger partial charge in [-0.25, -0.2) is 17.6 Å². The van der Waals surface area contributed by atoms with Crippen LogP contribution in [0.1, 0.15) is 10.4 Å². The number of halogens is 7. The maximum atomic E-state index is 12.7. The highest BCUT2D eigenvalue weighted by Crippen LogP contribution is 2.31. The van der Waals surface area contributed by atoms with E-state index in [4.69, 9.17) is 11.6 Å². The molecule has 17 heavy (non-hydrogen) atoms. The van der Waals surface area contributed by atoms with Crippen LogP contribution in [-0.2, 0) is 0 Å². The van der Waals surface area contributed by atoms with Crippen LogP contribution in [0, 0.1) is 11.6 Å². The molecule has 0 aromatic heterocycles. The molecule has 1 aromatic rings. The lowest BCUT2D eigenvalue weighted by molar-refractivity contribution is -0.0958. The monoisotopic (exact) mass is 276 g/mol. The van der Waals surface area contributed by atoms with Gasteiger partial charge in [-0.2, -0.15) is 8.78 Å². The van der Waals surface area contributed by atoms with Crippen LogP contribution in [0.4, 0.5) is 26.3 Å². The third kappa shape index (κ3) is 2.54. The summed E-state index contributed by atoms with van der Waals surface area (Å²) in [6, 6.07) is 0.308. The van der Waals surface area contributed by atoms with E-state index in [1.54, 1.807) is 0 Å². The first-order valence-corrected chi connectivity index (χ1v) is 4.41. The Morgan fingerprint density at radius 3 is 2.12 bits per heavy atom. The molecular formula is C9H3ClF6O. The number of alkyl halides is 4. The van der Waals surface area contributed by atoms with Crippen LogP contribution in [0.2, 0.25) is 5.02 Å². The Morgan fingerprint density at radius 2 is 1.65 bits per heavy atom. The fourth-order valence-corrected chi connectivity index (χ4v) is 1.21. The van der Waals surface area contributed by atoms with Crippen molar-refractivity contribution in [3.63, 3.8) is 0 Å². The Kier molecular flexibility index (Phi) is 3.71. The second-order valence-corrected chi connectivity index (χ2v) is 3.41. The van der Waals surface area contributed by atoms with E-state index in [-0.39, 0.29) is 12.1 Å². The lowest BCUT2D eigenvalue weighted by Gasteiger charge is -2.14. The summed E-state index contributed by atoms with van der Waals surface area (Å²) in [4.78, 5) is 11.0. The van der Waals surface area contributed by atoms with Crippen LogP contribution in [0.3, 0.4) is 0 Å². The van der Waals surface area contributed by atoms with Crippen molar-refractivity contribution in [1.82, 2.24) is 0 Å². The summed E-state index contributed by atoms with van der Waals surface area (Å²) < 4.78 is 74.3. The predicted molar refractivity (Wildman–Crippen MR) is 46.6 cm³/mol. The molecule has 0 saturated heterocycles. The van der Waals surface area contributed by atoms with Crippen LogP contribution < -0.4 is 0 Å². The molecule has 1 nitrogen and oxygen atoms in total. The van der Waals surface area contributed by atoms with Crippen LogP contribution in [0.15, 0.2) is 12.1 Å². The molecule has 94 valence electrons. The molecule has 0 N–H and O–H groups in total. The second kappa shape index (κ2) is 4.56. The molecule has 0 aliphatic heterocycles. The van der Waals surface area contributed by atoms with E-state index < -0.39 is 40.4 Å². The van der Waals surface area contributed by atoms with Gasteiger partial charge in [0.2, 0.25) is 5.78 Å². The Balaban J connectivity index is 3.27. The molecule has 0 fully saturated rings. The molecule has 0 spiro atoms. The van der Waals surface area contributed by atoms with Crippen molar-refractivity contribution < 1.29 is 31.1 Å². The topological polar surface area (TPSA) is 17.1 Å². The number of Topliss-reactive ketones (excluding diaryl/α,β-unsaturated/α-hetero) is 1. The Labute approximate surface area is 96.0 Å². The van der Waals surface area contributed by atoms with E-state index in [1.165, 1.54) is 0 Å². The Morgan fingerprint density at radius 1 is 1.18 bits per heavy atom. The number of ketones is 1. The number of rotatable bonds is 3. The zero-order valence-corrected chi connectivity index (χ0v) is 8.54. The predicted octanol–water partition coefficient (Wildman–Crippen LogP) is 3.70. The van der Waals surface area contributed by atoms with Gasteiger partial charge < -0.3 is 0 Å². The largest absolute Gasteiger partial charge is 0.368 e. The van der Waals surface area contributed by atoms with Crippen LogP contribution >= 0.6 is 11.6 Å². The fraction of sp³-hybridized carbons (Fsp3) is 0.222.